The number of halogens is 2. The molecule has 128 valence electrons. The average molecular weight is 351 g/mol. The van der Waals surface area contributed by atoms with Gasteiger partial charge in [-0.15, -0.1) is 24.8 Å². The van der Waals surface area contributed by atoms with Gasteiger partial charge in [0.2, 0.25) is 0 Å². The number of methoxy groups -OCH3 is 1. The van der Waals surface area contributed by atoms with Crippen molar-refractivity contribution < 1.29 is 9.84 Å². The smallest absolute Gasteiger partial charge is 0.124 e. The van der Waals surface area contributed by atoms with E-state index in [9.17, 15) is 5.11 Å². The number of nitrogens with one attached hydrogen (secondary N) is 1. The molecule has 1 aromatic carbocycles. The van der Waals surface area contributed by atoms with E-state index >= 15 is 0 Å². The van der Waals surface area contributed by atoms with Crippen molar-refractivity contribution in [2.75, 3.05) is 33.3 Å². The van der Waals surface area contributed by atoms with E-state index in [1.165, 1.54) is 0 Å². The summed E-state index contributed by atoms with van der Waals surface area (Å²) in [6, 6.07) is 5.93. The maximum atomic E-state index is 10.3. The van der Waals surface area contributed by atoms with Gasteiger partial charge in [0, 0.05) is 43.9 Å². The van der Waals surface area contributed by atoms with Crippen LogP contribution in [0.2, 0.25) is 0 Å². The molecule has 0 bridgehead atoms. The molecule has 1 aliphatic rings. The van der Waals surface area contributed by atoms with Crippen LogP contribution in [-0.2, 0) is 0 Å². The lowest BCUT2D eigenvalue weighted by molar-refractivity contribution is 0.151. The summed E-state index contributed by atoms with van der Waals surface area (Å²) in [5.74, 6) is 1.64. The molecule has 1 saturated heterocycles. The largest absolute Gasteiger partial charge is 0.507 e. The number of nitrogens with zero attached hydrogens (tertiary/aromatic N) is 1. The molecule has 2 N–H and O–H groups in total. The van der Waals surface area contributed by atoms with Gasteiger partial charge >= 0.3 is 0 Å². The topological polar surface area (TPSA) is 44.7 Å². The van der Waals surface area contributed by atoms with Gasteiger partial charge in [0.15, 0.2) is 0 Å². The molecule has 0 aliphatic carbocycles. The molecule has 1 aromatic rings. The van der Waals surface area contributed by atoms with E-state index in [0.29, 0.717) is 17.4 Å². The van der Waals surface area contributed by atoms with Crippen LogP contribution < -0.4 is 10.1 Å². The number of phenolic OH excluding ortho intramolecular Hbond substituents is 1. The summed E-state index contributed by atoms with van der Waals surface area (Å²) >= 11 is 0. The van der Waals surface area contributed by atoms with E-state index in [-0.39, 0.29) is 30.9 Å². The number of phenols is 1. The van der Waals surface area contributed by atoms with Crippen molar-refractivity contribution in [2.45, 2.75) is 26.3 Å². The second-order valence-electron chi connectivity index (χ2n) is 5.86. The molecule has 0 amide bonds. The SMILES string of the molecule is COc1ccc([C@@H](CC(C)C)N2CCNCC2)c(O)c1.Cl.Cl. The fourth-order valence-electron chi connectivity index (χ4n) is 2.85. The summed E-state index contributed by atoms with van der Waals surface area (Å²) in [5, 5.41) is 13.7. The third-order valence-corrected chi connectivity index (χ3v) is 3.88. The average Bonchev–Trinajstić information content (AvgIpc) is 2.45. The van der Waals surface area contributed by atoms with Crippen molar-refractivity contribution in [1.82, 2.24) is 10.2 Å². The predicted octanol–water partition coefficient (Wildman–Crippen LogP) is 3.24. The minimum absolute atomic E-state index is 0. The zero-order chi connectivity index (χ0) is 14.5. The number of rotatable bonds is 5. The molecule has 1 fully saturated rings. The van der Waals surface area contributed by atoms with Crippen LogP contribution in [0.1, 0.15) is 31.9 Å². The Morgan fingerprint density at radius 2 is 1.86 bits per heavy atom. The lowest BCUT2D eigenvalue weighted by atomic mass is 9.94. The highest BCUT2D eigenvalue weighted by Crippen LogP contribution is 2.35. The summed E-state index contributed by atoms with van der Waals surface area (Å²) in [6.07, 6.45) is 1.06. The maximum Gasteiger partial charge on any atom is 0.124 e. The van der Waals surface area contributed by atoms with Crippen molar-refractivity contribution in [3.05, 3.63) is 23.8 Å². The van der Waals surface area contributed by atoms with E-state index < -0.39 is 0 Å². The molecule has 6 heteroatoms. The highest BCUT2D eigenvalue weighted by Gasteiger charge is 2.25. The van der Waals surface area contributed by atoms with Crippen LogP contribution >= 0.6 is 24.8 Å². The van der Waals surface area contributed by atoms with Gasteiger partial charge in [-0.05, 0) is 18.4 Å². The van der Waals surface area contributed by atoms with Gasteiger partial charge in [-0.3, -0.25) is 4.90 Å². The minimum atomic E-state index is 0. The standard InChI is InChI=1S/C16H26N2O2.2ClH/c1-12(2)10-15(18-8-6-17-7-9-18)14-5-4-13(20-3)11-16(14)19;;/h4-5,11-12,15,17,19H,6-10H2,1-3H3;2*1H/t15-;;/m1../s1. The first-order valence-corrected chi connectivity index (χ1v) is 7.43. The number of piperazine rings is 1. The zero-order valence-corrected chi connectivity index (χ0v) is 15.2. The Morgan fingerprint density at radius 1 is 1.23 bits per heavy atom. The minimum Gasteiger partial charge on any atom is -0.507 e. The molecule has 1 heterocycles. The van der Waals surface area contributed by atoms with Crippen LogP contribution in [0.3, 0.4) is 0 Å². The number of aromatic hydroxyl groups is 1. The van der Waals surface area contributed by atoms with Gasteiger partial charge in [-0.1, -0.05) is 19.9 Å². The van der Waals surface area contributed by atoms with E-state index in [1.54, 1.807) is 13.2 Å². The van der Waals surface area contributed by atoms with E-state index in [4.69, 9.17) is 4.74 Å². The Hall–Kier alpha value is -0.680. The first kappa shape index (κ1) is 21.3. The Labute approximate surface area is 146 Å². The zero-order valence-electron chi connectivity index (χ0n) is 13.5. The normalized spacial score (nSPS) is 16.5. The monoisotopic (exact) mass is 350 g/mol. The summed E-state index contributed by atoms with van der Waals surface area (Å²) in [6.45, 7) is 8.56. The molecule has 0 radical (unpaired) electrons. The van der Waals surface area contributed by atoms with Crippen LogP contribution in [-0.4, -0.2) is 43.3 Å². The molecule has 1 aliphatic heterocycles. The van der Waals surface area contributed by atoms with E-state index in [1.807, 2.05) is 12.1 Å². The lowest BCUT2D eigenvalue weighted by Crippen LogP contribution is -2.45. The number of hydrogen-bond donors (Lipinski definition) is 2. The fourth-order valence-corrected chi connectivity index (χ4v) is 2.85. The van der Waals surface area contributed by atoms with Gasteiger partial charge < -0.3 is 15.2 Å². The van der Waals surface area contributed by atoms with Gasteiger partial charge in [0.25, 0.3) is 0 Å². The predicted molar refractivity (Wildman–Crippen MR) is 95.8 cm³/mol. The molecule has 1 atom stereocenters. The fraction of sp³-hybridized carbons (Fsp3) is 0.625. The lowest BCUT2D eigenvalue weighted by Gasteiger charge is -2.36. The summed E-state index contributed by atoms with van der Waals surface area (Å²) in [4.78, 5) is 2.47. The van der Waals surface area contributed by atoms with Crippen molar-refractivity contribution in [2.24, 2.45) is 5.92 Å². The van der Waals surface area contributed by atoms with E-state index in [2.05, 4.69) is 24.1 Å². The van der Waals surface area contributed by atoms with Crippen molar-refractivity contribution in [3.8, 4) is 11.5 Å². The van der Waals surface area contributed by atoms with Gasteiger partial charge in [-0.2, -0.15) is 0 Å². The Balaban J connectivity index is 0.00000220. The van der Waals surface area contributed by atoms with Crippen LogP contribution in [0.25, 0.3) is 0 Å². The third-order valence-electron chi connectivity index (χ3n) is 3.88. The second-order valence-corrected chi connectivity index (χ2v) is 5.86. The van der Waals surface area contributed by atoms with Crippen molar-refractivity contribution in [3.63, 3.8) is 0 Å². The van der Waals surface area contributed by atoms with Gasteiger partial charge in [-0.25, -0.2) is 0 Å². The Kier molecular flexibility index (Phi) is 9.85. The number of hydrogen-bond acceptors (Lipinski definition) is 4. The molecule has 4 nitrogen and oxygen atoms in total. The molecule has 2 rings (SSSR count). The molecule has 22 heavy (non-hydrogen) atoms. The highest BCUT2D eigenvalue weighted by atomic mass is 35.5. The molecular formula is C16H28Cl2N2O2. The molecule has 0 unspecified atom stereocenters. The van der Waals surface area contributed by atoms with Crippen LogP contribution in [0.5, 0.6) is 11.5 Å². The van der Waals surface area contributed by atoms with Crippen molar-refractivity contribution >= 4 is 24.8 Å². The quantitative estimate of drug-likeness (QED) is 0.855. The van der Waals surface area contributed by atoms with Crippen molar-refractivity contribution in [1.29, 1.82) is 0 Å². The van der Waals surface area contributed by atoms with E-state index in [0.717, 1.165) is 38.2 Å². The molecular weight excluding hydrogens is 323 g/mol. The molecule has 0 aromatic heterocycles. The highest BCUT2D eigenvalue weighted by molar-refractivity contribution is 5.85. The van der Waals surface area contributed by atoms with Crippen LogP contribution in [0.15, 0.2) is 18.2 Å². The first-order chi connectivity index (χ1) is 9.61. The number of benzene rings is 1. The Morgan fingerprint density at radius 3 is 2.36 bits per heavy atom. The number of ether oxygens (including phenoxy) is 1. The summed E-state index contributed by atoms with van der Waals surface area (Å²) in [7, 11) is 1.62. The first-order valence-electron chi connectivity index (χ1n) is 7.43. The Bertz CT molecular complexity index is 438. The third kappa shape index (κ3) is 5.51. The van der Waals surface area contributed by atoms with Crippen LogP contribution in [0.4, 0.5) is 0 Å². The van der Waals surface area contributed by atoms with Gasteiger partial charge in [0.1, 0.15) is 11.5 Å². The summed E-state index contributed by atoms with van der Waals surface area (Å²) < 4.78 is 5.17. The molecule has 0 spiro atoms. The molecule has 0 saturated carbocycles. The summed E-state index contributed by atoms with van der Waals surface area (Å²) in [5.41, 5.74) is 1.02. The van der Waals surface area contributed by atoms with Crippen LogP contribution in [0, 0.1) is 5.92 Å². The maximum absolute atomic E-state index is 10.3. The van der Waals surface area contributed by atoms with Gasteiger partial charge in [0.05, 0.1) is 7.11 Å². The second kappa shape index (κ2) is 10.2.